The number of aromatic nitrogens is 3. The molecule has 2 heterocycles. The molecule has 6 rings (SSSR count). The van der Waals surface area contributed by atoms with E-state index in [-0.39, 0.29) is 0 Å². The van der Waals surface area contributed by atoms with Gasteiger partial charge in [-0.05, 0) is 57.4 Å². The summed E-state index contributed by atoms with van der Waals surface area (Å²) in [5.74, 6) is 1.16. The maximum absolute atomic E-state index is 4.64. The van der Waals surface area contributed by atoms with Gasteiger partial charge in [-0.1, -0.05) is 51.4 Å². The van der Waals surface area contributed by atoms with E-state index in [0.29, 0.717) is 12.1 Å². The van der Waals surface area contributed by atoms with E-state index in [1.54, 1.807) is 6.33 Å². The van der Waals surface area contributed by atoms with Crippen LogP contribution in [0.5, 0.6) is 0 Å². The van der Waals surface area contributed by atoms with Crippen LogP contribution >= 0.6 is 0 Å². The Morgan fingerprint density at radius 1 is 0.710 bits per heavy atom. The van der Waals surface area contributed by atoms with Crippen molar-refractivity contribution in [1.29, 1.82) is 0 Å². The lowest BCUT2D eigenvalue weighted by molar-refractivity contribution is 0.457. The van der Waals surface area contributed by atoms with Gasteiger partial charge in [-0.3, -0.25) is 0 Å². The minimum atomic E-state index is 0.679. The fraction of sp³-hybridized carbons (Fsp3) is 0.769. The zero-order chi connectivity index (χ0) is 20.9. The van der Waals surface area contributed by atoms with Crippen LogP contribution in [-0.2, 0) is 0 Å². The first-order valence-corrected chi connectivity index (χ1v) is 13.2. The van der Waals surface area contributed by atoms with Gasteiger partial charge in [0.25, 0.3) is 0 Å². The summed E-state index contributed by atoms with van der Waals surface area (Å²) in [6.45, 7) is 0. The number of fused-ring (bicyclic) bond motifs is 1. The van der Waals surface area contributed by atoms with Gasteiger partial charge in [0, 0.05) is 30.4 Å². The van der Waals surface area contributed by atoms with Gasteiger partial charge in [0.05, 0.1) is 5.39 Å². The molecule has 170 valence electrons. The van der Waals surface area contributed by atoms with Crippen molar-refractivity contribution in [3.05, 3.63) is 18.6 Å². The molecule has 5 nitrogen and oxygen atoms in total. The Kier molecular flexibility index (Phi) is 7.08. The summed E-state index contributed by atoms with van der Waals surface area (Å²) in [6, 6.07) is 5.31. The van der Waals surface area contributed by atoms with Crippen LogP contribution < -0.4 is 10.2 Å². The fourth-order valence-corrected chi connectivity index (χ4v) is 5.63. The van der Waals surface area contributed by atoms with Crippen molar-refractivity contribution in [1.82, 2.24) is 20.3 Å². The van der Waals surface area contributed by atoms with Crippen LogP contribution in [-0.4, -0.2) is 39.1 Å². The molecule has 4 aliphatic rings. The molecule has 2 aromatic rings. The minimum Gasteiger partial charge on any atom is -0.350 e. The van der Waals surface area contributed by atoms with Crippen molar-refractivity contribution in [3.63, 3.8) is 0 Å². The van der Waals surface area contributed by atoms with Crippen molar-refractivity contribution in [2.75, 3.05) is 4.90 Å². The van der Waals surface area contributed by atoms with E-state index in [2.05, 4.69) is 31.2 Å². The molecule has 2 N–H and O–H groups in total. The Bertz CT molecular complexity index is 793. The molecule has 0 saturated heterocycles. The van der Waals surface area contributed by atoms with E-state index in [4.69, 9.17) is 0 Å². The maximum Gasteiger partial charge on any atom is 0.142 e. The summed E-state index contributed by atoms with van der Waals surface area (Å²) in [5, 5.41) is 4.92. The number of H-pyrrole nitrogens is 1. The highest BCUT2D eigenvalue weighted by Crippen LogP contribution is 2.38. The summed E-state index contributed by atoms with van der Waals surface area (Å²) in [4.78, 5) is 14.8. The summed E-state index contributed by atoms with van der Waals surface area (Å²) in [7, 11) is 0. The molecule has 5 heteroatoms. The van der Waals surface area contributed by atoms with Crippen LogP contribution in [0.4, 0.5) is 5.82 Å². The highest BCUT2D eigenvalue weighted by atomic mass is 15.3. The van der Waals surface area contributed by atoms with Gasteiger partial charge >= 0.3 is 0 Å². The number of aromatic amines is 1. The van der Waals surface area contributed by atoms with Crippen molar-refractivity contribution in [3.8, 4) is 0 Å². The molecule has 0 bridgehead atoms. The van der Waals surface area contributed by atoms with E-state index in [1.807, 2.05) is 6.20 Å². The largest absolute Gasteiger partial charge is 0.350 e. The molecule has 4 aliphatic carbocycles. The van der Waals surface area contributed by atoms with Crippen molar-refractivity contribution in [2.45, 2.75) is 127 Å². The second kappa shape index (κ2) is 10.3. The number of hydrogen-bond acceptors (Lipinski definition) is 4. The second-order valence-electron chi connectivity index (χ2n) is 10.4. The number of rotatable bonds is 5. The Labute approximate surface area is 187 Å². The van der Waals surface area contributed by atoms with E-state index in [0.717, 1.165) is 23.5 Å². The third kappa shape index (κ3) is 5.79. The Morgan fingerprint density at radius 2 is 1.32 bits per heavy atom. The zero-order valence-corrected chi connectivity index (χ0v) is 19.2. The first kappa shape index (κ1) is 21.2. The average molecular weight is 424 g/mol. The highest BCUT2D eigenvalue weighted by Gasteiger charge is 2.36. The van der Waals surface area contributed by atoms with E-state index < -0.39 is 0 Å². The van der Waals surface area contributed by atoms with E-state index in [9.17, 15) is 0 Å². The van der Waals surface area contributed by atoms with Gasteiger partial charge in [0.15, 0.2) is 0 Å². The van der Waals surface area contributed by atoms with Crippen molar-refractivity contribution < 1.29 is 0 Å². The number of hydrogen-bond donors (Lipinski definition) is 2. The Hall–Kier alpha value is -1.62. The molecule has 0 aromatic carbocycles. The van der Waals surface area contributed by atoms with Gasteiger partial charge in [-0.2, -0.15) is 0 Å². The van der Waals surface area contributed by atoms with Crippen LogP contribution in [0.15, 0.2) is 18.6 Å². The molecule has 2 aromatic heterocycles. The van der Waals surface area contributed by atoms with E-state index in [1.165, 1.54) is 108 Å². The predicted octanol–water partition coefficient (Wildman–Crippen LogP) is 6.11. The second-order valence-corrected chi connectivity index (χ2v) is 10.4. The molecule has 0 unspecified atom stereocenters. The minimum absolute atomic E-state index is 0.679. The Balaban J connectivity index is 0.000000157. The molecule has 0 spiro atoms. The molecule has 0 atom stereocenters. The average Bonchev–Trinajstić information content (AvgIpc) is 3.68. The smallest absolute Gasteiger partial charge is 0.142 e. The third-order valence-corrected chi connectivity index (χ3v) is 7.64. The molecule has 0 amide bonds. The highest BCUT2D eigenvalue weighted by molar-refractivity contribution is 5.87. The standard InChI is InChI=1S/C16H22N4.C10H19N/c1-2-4-6-12(5-3-1)20(13-7-8-13)16-14-9-10-17-15(14)18-11-19-16;1-2-4-6-9(5-3-1)11-10-7-8-10/h9-13H,1-8H2,(H,17,18,19);9-11H,1-8H2. The molecule has 0 radical (unpaired) electrons. The quantitative estimate of drug-likeness (QED) is 0.570. The molecular weight excluding hydrogens is 382 g/mol. The molecular formula is C26H41N5. The van der Waals surface area contributed by atoms with E-state index >= 15 is 0 Å². The first-order valence-electron chi connectivity index (χ1n) is 13.2. The van der Waals surface area contributed by atoms with Crippen LogP contribution in [0.2, 0.25) is 0 Å². The number of nitrogens with zero attached hydrogens (tertiary/aromatic N) is 3. The lowest BCUT2D eigenvalue weighted by Gasteiger charge is -2.32. The lowest BCUT2D eigenvalue weighted by atomic mass is 10.1. The summed E-state index contributed by atoms with van der Waals surface area (Å²) in [5.41, 5.74) is 0.967. The zero-order valence-electron chi connectivity index (χ0n) is 19.2. The molecule has 4 fully saturated rings. The van der Waals surface area contributed by atoms with Crippen LogP contribution in [0.25, 0.3) is 11.0 Å². The van der Waals surface area contributed by atoms with Gasteiger partial charge < -0.3 is 15.2 Å². The van der Waals surface area contributed by atoms with Crippen LogP contribution in [0, 0.1) is 0 Å². The lowest BCUT2D eigenvalue weighted by Crippen LogP contribution is -2.37. The molecule has 31 heavy (non-hydrogen) atoms. The molecule has 4 saturated carbocycles. The topological polar surface area (TPSA) is 56.8 Å². The van der Waals surface area contributed by atoms with Crippen LogP contribution in [0.1, 0.15) is 103 Å². The summed E-state index contributed by atoms with van der Waals surface area (Å²) < 4.78 is 0. The summed E-state index contributed by atoms with van der Waals surface area (Å²) >= 11 is 0. The maximum atomic E-state index is 4.64. The van der Waals surface area contributed by atoms with Gasteiger partial charge in [0.2, 0.25) is 0 Å². The summed E-state index contributed by atoms with van der Waals surface area (Å²) in [6.07, 6.45) is 26.2. The predicted molar refractivity (Wildman–Crippen MR) is 129 cm³/mol. The molecule has 0 aliphatic heterocycles. The van der Waals surface area contributed by atoms with Crippen LogP contribution in [0.3, 0.4) is 0 Å². The number of nitrogens with one attached hydrogen (secondary N) is 2. The van der Waals surface area contributed by atoms with Gasteiger partial charge in [0.1, 0.15) is 17.8 Å². The first-order chi connectivity index (χ1) is 15.4. The third-order valence-electron chi connectivity index (χ3n) is 7.64. The fourth-order valence-electron chi connectivity index (χ4n) is 5.63. The van der Waals surface area contributed by atoms with Crippen molar-refractivity contribution in [2.24, 2.45) is 0 Å². The SMILES string of the molecule is C1CCCC(NC2CC2)CC1.c1nc(N(C2CCCCCC2)C2CC2)c2cc[nH]c2n1. The van der Waals surface area contributed by atoms with Gasteiger partial charge in [-0.25, -0.2) is 9.97 Å². The van der Waals surface area contributed by atoms with Gasteiger partial charge in [-0.15, -0.1) is 0 Å². The van der Waals surface area contributed by atoms with Crippen molar-refractivity contribution >= 4 is 16.9 Å². The monoisotopic (exact) mass is 423 g/mol. The normalized spacial score (nSPS) is 23.6. The number of anilines is 1. The Morgan fingerprint density at radius 3 is 1.97 bits per heavy atom.